The van der Waals surface area contributed by atoms with Crippen LogP contribution in [0, 0.1) is 0 Å². The Morgan fingerprint density at radius 1 is 1.36 bits per heavy atom. The summed E-state index contributed by atoms with van der Waals surface area (Å²) in [5.41, 5.74) is 0.701. The monoisotopic (exact) mass is 477 g/mol. The van der Waals surface area contributed by atoms with Crippen molar-refractivity contribution >= 4 is 44.8 Å². The number of nitrogens with zero attached hydrogens (tertiary/aromatic N) is 3. The van der Waals surface area contributed by atoms with E-state index in [1.54, 1.807) is 11.3 Å². The van der Waals surface area contributed by atoms with Gasteiger partial charge in [-0.2, -0.15) is 0 Å². The van der Waals surface area contributed by atoms with Gasteiger partial charge in [-0.05, 0) is 43.3 Å². The van der Waals surface area contributed by atoms with Gasteiger partial charge in [0.25, 0.3) is 0 Å². The number of hydrogen-bond donors (Lipinski definition) is 0. The maximum Gasteiger partial charge on any atom is 0.192 e. The molecule has 0 unspecified atom stereocenters. The van der Waals surface area contributed by atoms with Crippen molar-refractivity contribution in [3.05, 3.63) is 51.8 Å². The van der Waals surface area contributed by atoms with Crippen molar-refractivity contribution < 1.29 is 9.53 Å². The number of thioether (sulfide) groups is 1. The van der Waals surface area contributed by atoms with Crippen LogP contribution >= 0.6 is 39.0 Å². The summed E-state index contributed by atoms with van der Waals surface area (Å²) >= 11 is 6.51. The predicted octanol–water partition coefficient (Wildman–Crippen LogP) is 5.31. The highest BCUT2D eigenvalue weighted by atomic mass is 79.9. The molecule has 3 aromatic rings. The summed E-state index contributed by atoms with van der Waals surface area (Å²) in [7, 11) is 0. The highest BCUT2D eigenvalue weighted by Crippen LogP contribution is 2.31. The molecule has 146 valence electrons. The predicted molar refractivity (Wildman–Crippen MR) is 116 cm³/mol. The van der Waals surface area contributed by atoms with E-state index in [9.17, 15) is 4.79 Å². The molecule has 1 fully saturated rings. The third kappa shape index (κ3) is 4.40. The quantitative estimate of drug-likeness (QED) is 0.340. The van der Waals surface area contributed by atoms with Gasteiger partial charge >= 0.3 is 0 Å². The van der Waals surface area contributed by atoms with Crippen molar-refractivity contribution in [2.24, 2.45) is 0 Å². The number of ether oxygens (including phenoxy) is 1. The highest BCUT2D eigenvalue weighted by molar-refractivity contribution is 9.10. The van der Waals surface area contributed by atoms with Crippen molar-refractivity contribution in [1.82, 2.24) is 14.8 Å². The van der Waals surface area contributed by atoms with E-state index >= 15 is 0 Å². The molecule has 0 N–H and O–H groups in total. The molecule has 0 spiro atoms. The molecule has 2 atom stereocenters. The summed E-state index contributed by atoms with van der Waals surface area (Å²) in [6, 6.07) is 11.5. The van der Waals surface area contributed by atoms with E-state index in [1.165, 1.54) is 11.8 Å². The molecule has 0 bridgehead atoms. The second-order valence-corrected chi connectivity index (χ2v) is 9.83. The van der Waals surface area contributed by atoms with Gasteiger partial charge in [-0.3, -0.25) is 9.36 Å². The molecule has 1 aromatic carbocycles. The lowest BCUT2D eigenvalue weighted by atomic mass is 10.1. The van der Waals surface area contributed by atoms with Crippen molar-refractivity contribution in [3.63, 3.8) is 0 Å². The maximum absolute atomic E-state index is 12.8. The summed E-state index contributed by atoms with van der Waals surface area (Å²) in [4.78, 5) is 13.9. The van der Waals surface area contributed by atoms with E-state index in [1.807, 2.05) is 48.7 Å². The first-order chi connectivity index (χ1) is 13.6. The van der Waals surface area contributed by atoms with Crippen LogP contribution in [0.1, 0.15) is 30.1 Å². The van der Waals surface area contributed by atoms with Gasteiger partial charge in [-0.25, -0.2) is 0 Å². The van der Waals surface area contributed by atoms with Crippen LogP contribution in [0.2, 0.25) is 0 Å². The van der Waals surface area contributed by atoms with Crippen LogP contribution in [-0.2, 0) is 11.3 Å². The smallest absolute Gasteiger partial charge is 0.192 e. The Labute approximate surface area is 180 Å². The van der Waals surface area contributed by atoms with Crippen molar-refractivity contribution in [3.8, 4) is 10.7 Å². The molecular formula is C20H20BrN3O2S2. The second-order valence-electron chi connectivity index (χ2n) is 6.66. The van der Waals surface area contributed by atoms with Gasteiger partial charge < -0.3 is 4.74 Å². The molecule has 2 aromatic heterocycles. The molecule has 5 nitrogen and oxygen atoms in total. The number of carbonyl (C=O) groups is 1. The first-order valence-electron chi connectivity index (χ1n) is 9.17. The molecular weight excluding hydrogens is 458 g/mol. The number of halogens is 1. The standard InChI is InChI=1S/C20H20BrN3O2S2/c1-13(18(25)14-6-8-15(21)9-7-14)28-20-23-22-19(17-5-3-11-27-17)24(20)12-16-4-2-10-26-16/h3,5-9,11,13,16H,2,4,10,12H2,1H3/t13-,16-/m0/s1. The molecule has 1 aliphatic rings. The Morgan fingerprint density at radius 2 is 2.18 bits per heavy atom. The zero-order chi connectivity index (χ0) is 19.5. The summed E-state index contributed by atoms with van der Waals surface area (Å²) in [6.07, 6.45) is 2.30. The van der Waals surface area contributed by atoms with E-state index < -0.39 is 0 Å². The minimum Gasteiger partial charge on any atom is -0.376 e. The molecule has 4 rings (SSSR count). The number of aromatic nitrogens is 3. The van der Waals surface area contributed by atoms with Crippen LogP contribution in [-0.4, -0.2) is 38.5 Å². The van der Waals surface area contributed by atoms with Gasteiger partial charge in [0.05, 0.1) is 22.8 Å². The fourth-order valence-electron chi connectivity index (χ4n) is 3.18. The molecule has 3 heterocycles. The molecule has 0 amide bonds. The Bertz CT molecular complexity index is 935. The summed E-state index contributed by atoms with van der Waals surface area (Å²) in [5, 5.41) is 11.4. The lowest BCUT2D eigenvalue weighted by molar-refractivity contribution is 0.0953. The zero-order valence-corrected chi connectivity index (χ0v) is 18.6. The largest absolute Gasteiger partial charge is 0.376 e. The second kappa shape index (κ2) is 8.90. The molecule has 0 aliphatic carbocycles. The van der Waals surface area contributed by atoms with Gasteiger partial charge in [0.1, 0.15) is 0 Å². The average Bonchev–Trinajstić information content (AvgIpc) is 3.45. The fraction of sp³-hybridized carbons (Fsp3) is 0.350. The van der Waals surface area contributed by atoms with Crippen LogP contribution in [0.15, 0.2) is 51.4 Å². The van der Waals surface area contributed by atoms with Crippen molar-refractivity contribution in [2.75, 3.05) is 6.61 Å². The minimum atomic E-state index is -0.259. The number of rotatable bonds is 7. The third-order valence-electron chi connectivity index (χ3n) is 4.65. The van der Waals surface area contributed by atoms with Gasteiger partial charge in [0.2, 0.25) is 0 Å². The van der Waals surface area contributed by atoms with E-state index in [4.69, 9.17) is 4.74 Å². The number of ketones is 1. The molecule has 0 radical (unpaired) electrons. The number of Topliss-reactive ketones (excluding diaryl/α,β-unsaturated/α-hetero) is 1. The Hall–Kier alpha value is -1.48. The summed E-state index contributed by atoms with van der Waals surface area (Å²) in [6.45, 7) is 3.44. The summed E-state index contributed by atoms with van der Waals surface area (Å²) in [5.74, 6) is 0.929. The summed E-state index contributed by atoms with van der Waals surface area (Å²) < 4.78 is 8.90. The van der Waals surface area contributed by atoms with Crippen LogP contribution in [0.4, 0.5) is 0 Å². The Balaban J connectivity index is 1.57. The van der Waals surface area contributed by atoms with Gasteiger partial charge in [-0.1, -0.05) is 45.9 Å². The van der Waals surface area contributed by atoms with Gasteiger partial charge in [0, 0.05) is 16.6 Å². The third-order valence-corrected chi connectivity index (χ3v) is 7.12. The molecule has 1 aliphatic heterocycles. The normalized spacial score (nSPS) is 17.7. The minimum absolute atomic E-state index is 0.0850. The lowest BCUT2D eigenvalue weighted by Crippen LogP contribution is -2.18. The van der Waals surface area contributed by atoms with E-state index in [0.717, 1.165) is 39.8 Å². The molecule has 28 heavy (non-hydrogen) atoms. The molecule has 1 saturated heterocycles. The van der Waals surface area contributed by atoms with Crippen LogP contribution in [0.5, 0.6) is 0 Å². The first kappa shape index (κ1) is 19.8. The highest BCUT2D eigenvalue weighted by Gasteiger charge is 2.25. The fourth-order valence-corrected chi connectivity index (χ4v) is 5.10. The SMILES string of the molecule is C[C@H](Sc1nnc(-c2cccs2)n1C[C@@H]1CCCO1)C(=O)c1ccc(Br)cc1. The van der Waals surface area contributed by atoms with E-state index in [0.29, 0.717) is 12.1 Å². The molecule has 8 heteroatoms. The maximum atomic E-state index is 12.8. The Kier molecular flexibility index (Phi) is 6.30. The van der Waals surface area contributed by atoms with E-state index in [-0.39, 0.29) is 17.1 Å². The van der Waals surface area contributed by atoms with Crippen LogP contribution in [0.3, 0.4) is 0 Å². The number of thiophene rings is 1. The van der Waals surface area contributed by atoms with Crippen LogP contribution < -0.4 is 0 Å². The van der Waals surface area contributed by atoms with E-state index in [2.05, 4.69) is 30.7 Å². The van der Waals surface area contributed by atoms with Crippen LogP contribution in [0.25, 0.3) is 10.7 Å². The lowest BCUT2D eigenvalue weighted by Gasteiger charge is -2.16. The zero-order valence-electron chi connectivity index (χ0n) is 15.4. The number of benzene rings is 1. The number of carbonyl (C=O) groups excluding carboxylic acids is 1. The van der Waals surface area contributed by atoms with Gasteiger partial charge in [0.15, 0.2) is 16.8 Å². The molecule has 0 saturated carbocycles. The van der Waals surface area contributed by atoms with Crippen molar-refractivity contribution in [2.45, 2.75) is 42.8 Å². The first-order valence-corrected chi connectivity index (χ1v) is 11.7. The van der Waals surface area contributed by atoms with Crippen molar-refractivity contribution in [1.29, 1.82) is 0 Å². The van der Waals surface area contributed by atoms with Gasteiger partial charge in [-0.15, -0.1) is 21.5 Å². The number of hydrogen-bond acceptors (Lipinski definition) is 6. The Morgan fingerprint density at radius 3 is 2.86 bits per heavy atom. The average molecular weight is 478 g/mol. The topological polar surface area (TPSA) is 57.0 Å².